The van der Waals surface area contributed by atoms with E-state index >= 15 is 0 Å². The fraction of sp³-hybridized carbons (Fsp3) is 0.222. The number of aryl methyl sites for hydroxylation is 1. The van der Waals surface area contributed by atoms with Gasteiger partial charge in [-0.2, -0.15) is 9.78 Å². The van der Waals surface area contributed by atoms with Gasteiger partial charge in [0.05, 0.1) is 17.3 Å². The number of unbranched alkanes of at least 4 members (excludes halogenated alkanes) is 1. The van der Waals surface area contributed by atoms with Crippen molar-refractivity contribution in [1.82, 2.24) is 14.3 Å². The number of para-hydroxylation sites is 1. The predicted octanol–water partition coefficient (Wildman–Crippen LogP) is 5.40. The Labute approximate surface area is 208 Å². The van der Waals surface area contributed by atoms with Crippen molar-refractivity contribution in [2.75, 3.05) is 0 Å². The summed E-state index contributed by atoms with van der Waals surface area (Å²) in [6.07, 6.45) is 1.63. The second-order valence-corrected chi connectivity index (χ2v) is 8.59. The maximum absolute atomic E-state index is 11.7. The Morgan fingerprint density at radius 1 is 1.06 bits per heavy atom. The van der Waals surface area contributed by atoms with E-state index in [1.54, 1.807) is 47.1 Å². The molecule has 3 aromatic carbocycles. The van der Waals surface area contributed by atoms with Gasteiger partial charge in [0, 0.05) is 12.0 Å². The van der Waals surface area contributed by atoms with Crippen molar-refractivity contribution in [3.63, 3.8) is 0 Å². The monoisotopic (exact) mass is 490 g/mol. The van der Waals surface area contributed by atoms with E-state index in [1.165, 1.54) is 0 Å². The van der Waals surface area contributed by atoms with Crippen LogP contribution in [0, 0.1) is 5.41 Å². The first-order chi connectivity index (χ1) is 17.0. The lowest BCUT2D eigenvalue weighted by Gasteiger charge is -2.16. The van der Waals surface area contributed by atoms with Gasteiger partial charge in [0.25, 0.3) is 0 Å². The van der Waals surface area contributed by atoms with Gasteiger partial charge in [-0.3, -0.25) is 9.98 Å². The Morgan fingerprint density at radius 2 is 1.74 bits per heavy atom. The highest BCUT2D eigenvalue weighted by atomic mass is 35.5. The summed E-state index contributed by atoms with van der Waals surface area (Å²) in [4.78, 5) is 11.7. The number of hydrogen-bond acceptors (Lipinski definition) is 4. The van der Waals surface area contributed by atoms with Crippen molar-refractivity contribution in [1.29, 1.82) is 5.41 Å². The number of nitrogens with zero attached hydrogens (tertiary/aromatic N) is 3. The van der Waals surface area contributed by atoms with E-state index < -0.39 is 12.1 Å². The third-order valence-corrected chi connectivity index (χ3v) is 5.98. The zero-order valence-electron chi connectivity index (χ0n) is 19.4. The number of hydrogen-bond donors (Lipinski definition) is 2. The standard InChI is InChI=1S/C27H27ClN4O3/c1-2-3-13-24-30-32(23-12-8-7-11-22(23)28)27(29)31(24)18-19-14-16-21(17-15-19)35-25(26(33)34)20-9-5-4-6-10-20/h4-12,14-17,25,29H,2-3,13,18H2,1H3,(H,33,34). The average molecular weight is 491 g/mol. The molecule has 35 heavy (non-hydrogen) atoms. The van der Waals surface area contributed by atoms with Gasteiger partial charge in [-0.05, 0) is 36.2 Å². The van der Waals surface area contributed by atoms with E-state index in [1.807, 2.05) is 41.0 Å². The van der Waals surface area contributed by atoms with Crippen LogP contribution in [0.5, 0.6) is 5.75 Å². The Hall–Kier alpha value is -3.84. The summed E-state index contributed by atoms with van der Waals surface area (Å²) in [7, 11) is 0. The van der Waals surface area contributed by atoms with Gasteiger partial charge in [0.2, 0.25) is 11.7 Å². The molecule has 1 heterocycles. The van der Waals surface area contributed by atoms with Crippen molar-refractivity contribution < 1.29 is 14.6 Å². The van der Waals surface area contributed by atoms with Gasteiger partial charge in [-0.25, -0.2) is 4.79 Å². The largest absolute Gasteiger partial charge is 0.478 e. The van der Waals surface area contributed by atoms with Crippen molar-refractivity contribution in [2.45, 2.75) is 38.8 Å². The maximum atomic E-state index is 11.7. The fourth-order valence-electron chi connectivity index (χ4n) is 3.81. The minimum atomic E-state index is -1.09. The van der Waals surface area contributed by atoms with Crippen molar-refractivity contribution >= 4 is 17.6 Å². The van der Waals surface area contributed by atoms with E-state index in [2.05, 4.69) is 6.92 Å². The molecule has 1 atom stereocenters. The van der Waals surface area contributed by atoms with Crippen LogP contribution in [0.4, 0.5) is 0 Å². The first-order valence-electron chi connectivity index (χ1n) is 11.5. The number of aromatic nitrogens is 3. The molecule has 0 spiro atoms. The number of carboxylic acid groups (broad SMARTS) is 1. The lowest BCUT2D eigenvalue weighted by Crippen LogP contribution is -2.25. The quantitative estimate of drug-likeness (QED) is 0.311. The van der Waals surface area contributed by atoms with Gasteiger partial charge in [-0.15, -0.1) is 0 Å². The zero-order chi connectivity index (χ0) is 24.8. The number of rotatable bonds is 10. The molecule has 4 aromatic rings. The lowest BCUT2D eigenvalue weighted by atomic mass is 10.1. The molecule has 0 fully saturated rings. The number of aliphatic carboxylic acids is 1. The maximum Gasteiger partial charge on any atom is 0.349 e. The Morgan fingerprint density at radius 3 is 2.40 bits per heavy atom. The van der Waals surface area contributed by atoms with Crippen LogP contribution in [0.15, 0.2) is 78.9 Å². The normalized spacial score (nSPS) is 11.8. The van der Waals surface area contributed by atoms with Crippen LogP contribution in [-0.4, -0.2) is 25.4 Å². The molecule has 0 amide bonds. The Balaban J connectivity index is 1.59. The number of benzene rings is 3. The highest BCUT2D eigenvalue weighted by molar-refractivity contribution is 6.32. The van der Waals surface area contributed by atoms with Gasteiger partial charge in [0.15, 0.2) is 0 Å². The van der Waals surface area contributed by atoms with Crippen LogP contribution in [0.25, 0.3) is 5.69 Å². The van der Waals surface area contributed by atoms with E-state index in [-0.39, 0.29) is 5.62 Å². The first-order valence-corrected chi connectivity index (χ1v) is 11.9. The molecular formula is C27H27ClN4O3. The molecular weight excluding hydrogens is 464 g/mol. The molecule has 0 aliphatic carbocycles. The number of ether oxygens (including phenoxy) is 1. The minimum absolute atomic E-state index is 0.236. The number of carbonyl (C=O) groups is 1. The molecule has 1 aromatic heterocycles. The SMILES string of the molecule is CCCCc1nn(-c2ccccc2Cl)c(=N)n1Cc1ccc(OC(C(=O)O)c2ccccc2)cc1. The molecule has 0 aliphatic heterocycles. The summed E-state index contributed by atoms with van der Waals surface area (Å²) < 4.78 is 9.21. The molecule has 4 rings (SSSR count). The van der Waals surface area contributed by atoms with E-state index in [4.69, 9.17) is 26.8 Å². The summed E-state index contributed by atoms with van der Waals surface area (Å²) in [5, 5.41) is 23.6. The second-order valence-electron chi connectivity index (χ2n) is 8.18. The minimum Gasteiger partial charge on any atom is -0.478 e. The van der Waals surface area contributed by atoms with Gasteiger partial charge >= 0.3 is 5.97 Å². The highest BCUT2D eigenvalue weighted by Crippen LogP contribution is 2.23. The fourth-order valence-corrected chi connectivity index (χ4v) is 4.03. The van der Waals surface area contributed by atoms with E-state index in [0.717, 1.165) is 30.7 Å². The molecule has 0 saturated carbocycles. The number of halogens is 1. The van der Waals surface area contributed by atoms with Gasteiger partial charge < -0.3 is 9.84 Å². The van der Waals surface area contributed by atoms with Crippen molar-refractivity contribution in [2.24, 2.45) is 0 Å². The lowest BCUT2D eigenvalue weighted by molar-refractivity contribution is -0.145. The van der Waals surface area contributed by atoms with Gasteiger partial charge in [0.1, 0.15) is 11.6 Å². The predicted molar refractivity (Wildman–Crippen MR) is 134 cm³/mol. The molecule has 180 valence electrons. The molecule has 0 aliphatic rings. The molecule has 0 bridgehead atoms. The van der Waals surface area contributed by atoms with Crippen LogP contribution in [0.1, 0.15) is 42.8 Å². The second kappa shape index (κ2) is 11.1. The van der Waals surface area contributed by atoms with Crippen LogP contribution >= 0.6 is 11.6 Å². The molecule has 0 saturated heterocycles. The Bertz CT molecular complexity index is 1350. The molecule has 0 radical (unpaired) electrons. The summed E-state index contributed by atoms with van der Waals surface area (Å²) in [6, 6.07) is 23.5. The third-order valence-electron chi connectivity index (χ3n) is 5.66. The highest BCUT2D eigenvalue weighted by Gasteiger charge is 2.21. The summed E-state index contributed by atoms with van der Waals surface area (Å²) in [5.74, 6) is 0.216. The van der Waals surface area contributed by atoms with Gasteiger partial charge in [-0.1, -0.05) is 79.5 Å². The first kappa shape index (κ1) is 24.3. The smallest absolute Gasteiger partial charge is 0.349 e. The van der Waals surface area contributed by atoms with E-state index in [0.29, 0.717) is 28.6 Å². The average Bonchev–Trinajstić information content (AvgIpc) is 3.17. The summed E-state index contributed by atoms with van der Waals surface area (Å²) >= 11 is 6.37. The van der Waals surface area contributed by atoms with Crippen molar-refractivity contribution in [3.8, 4) is 11.4 Å². The van der Waals surface area contributed by atoms with E-state index in [9.17, 15) is 9.90 Å². The third kappa shape index (κ3) is 5.63. The molecule has 7 nitrogen and oxygen atoms in total. The summed E-state index contributed by atoms with van der Waals surface area (Å²) in [6.45, 7) is 2.57. The zero-order valence-corrected chi connectivity index (χ0v) is 20.2. The molecule has 1 unspecified atom stereocenters. The Kier molecular flexibility index (Phi) is 7.67. The summed E-state index contributed by atoms with van der Waals surface area (Å²) in [5.41, 5.74) is 2.42. The molecule has 8 heteroatoms. The number of nitrogens with one attached hydrogen (secondary N) is 1. The van der Waals surface area contributed by atoms with Crippen molar-refractivity contribution in [3.05, 3.63) is 106 Å². The van der Waals surface area contributed by atoms with Crippen LogP contribution in [0.2, 0.25) is 5.02 Å². The van der Waals surface area contributed by atoms with Crippen LogP contribution in [0.3, 0.4) is 0 Å². The topological polar surface area (TPSA) is 93.1 Å². The molecule has 2 N–H and O–H groups in total. The van der Waals surface area contributed by atoms with Crippen LogP contribution < -0.4 is 10.4 Å². The number of carboxylic acids is 1. The van der Waals surface area contributed by atoms with Crippen LogP contribution in [-0.2, 0) is 17.8 Å².